The van der Waals surface area contributed by atoms with Crippen molar-refractivity contribution in [2.75, 3.05) is 26.4 Å². The lowest BCUT2D eigenvalue weighted by Crippen LogP contribution is -2.25. The molecule has 0 N–H and O–H groups in total. The fourth-order valence-corrected chi connectivity index (χ4v) is 6.24. The van der Waals surface area contributed by atoms with Crippen LogP contribution in [0, 0.1) is 0 Å². The molecule has 1 aromatic heterocycles. The molecule has 39 heavy (non-hydrogen) atoms. The van der Waals surface area contributed by atoms with Crippen LogP contribution in [0.3, 0.4) is 0 Å². The van der Waals surface area contributed by atoms with Crippen molar-refractivity contribution >= 4 is 58.7 Å². The molecular formula is C26H42N2O8S3. The van der Waals surface area contributed by atoms with E-state index >= 15 is 0 Å². The number of rotatable bonds is 22. The van der Waals surface area contributed by atoms with Gasteiger partial charge in [-0.05, 0) is 25.7 Å². The monoisotopic (exact) mass is 606 g/mol. The Labute approximate surface area is 244 Å². The summed E-state index contributed by atoms with van der Waals surface area (Å²) in [5, 5.41) is 6.57. The lowest BCUT2D eigenvalue weighted by molar-refractivity contribution is -0.149. The van der Waals surface area contributed by atoms with E-state index in [1.54, 1.807) is 0 Å². The van der Waals surface area contributed by atoms with Crippen molar-refractivity contribution in [2.24, 2.45) is 0 Å². The van der Waals surface area contributed by atoms with Gasteiger partial charge in [0.05, 0.1) is 39.3 Å². The number of nitrogens with zero attached hydrogens (tertiary/aromatic N) is 2. The molecule has 1 aromatic rings. The van der Waals surface area contributed by atoms with E-state index in [-0.39, 0.29) is 26.1 Å². The van der Waals surface area contributed by atoms with Gasteiger partial charge in [-0.1, -0.05) is 88.2 Å². The van der Waals surface area contributed by atoms with Gasteiger partial charge < -0.3 is 18.9 Å². The smallest absolute Gasteiger partial charge is 0.320 e. The first-order valence-corrected chi connectivity index (χ1v) is 16.2. The van der Waals surface area contributed by atoms with Crippen molar-refractivity contribution in [3.05, 3.63) is 0 Å². The molecule has 0 aliphatic carbocycles. The highest BCUT2D eigenvalue weighted by molar-refractivity contribution is 8.04. The van der Waals surface area contributed by atoms with Crippen molar-refractivity contribution < 1.29 is 38.1 Å². The van der Waals surface area contributed by atoms with Gasteiger partial charge in [0.1, 0.15) is 10.5 Å². The molecule has 0 aromatic carbocycles. The second-order valence-electron chi connectivity index (χ2n) is 8.65. The minimum Gasteiger partial charge on any atom is -0.466 e. The first-order valence-electron chi connectivity index (χ1n) is 13.7. The van der Waals surface area contributed by atoms with Crippen molar-refractivity contribution in [1.29, 1.82) is 0 Å². The maximum atomic E-state index is 12.7. The van der Waals surface area contributed by atoms with Gasteiger partial charge in [0.15, 0.2) is 8.68 Å². The Kier molecular flexibility index (Phi) is 19.7. The van der Waals surface area contributed by atoms with Crippen molar-refractivity contribution in [3.8, 4) is 0 Å². The second kappa shape index (κ2) is 21.9. The van der Waals surface area contributed by atoms with Gasteiger partial charge in [-0.25, -0.2) is 0 Å². The third kappa shape index (κ3) is 16.1. The lowest BCUT2D eigenvalue weighted by atomic mass is 10.3. The number of carbonyl (C=O) groups excluding carboxylic acids is 4. The molecule has 0 saturated carbocycles. The molecule has 0 saturated heterocycles. The van der Waals surface area contributed by atoms with Crippen LogP contribution < -0.4 is 0 Å². The number of aromatic nitrogens is 2. The van der Waals surface area contributed by atoms with Crippen molar-refractivity contribution in [2.45, 2.75) is 111 Å². The average Bonchev–Trinajstić information content (AvgIpc) is 3.35. The van der Waals surface area contributed by atoms with E-state index in [9.17, 15) is 19.2 Å². The summed E-state index contributed by atoms with van der Waals surface area (Å²) >= 11 is 3.31. The number of ether oxygens (including phenoxy) is 4. The van der Waals surface area contributed by atoms with E-state index in [1.165, 1.54) is 0 Å². The third-order valence-corrected chi connectivity index (χ3v) is 8.55. The van der Waals surface area contributed by atoms with E-state index in [1.807, 2.05) is 27.7 Å². The van der Waals surface area contributed by atoms with Crippen molar-refractivity contribution in [1.82, 2.24) is 10.2 Å². The normalized spacial score (nSPS) is 12.4. The number of hydrogen-bond donors (Lipinski definition) is 0. The van der Waals surface area contributed by atoms with E-state index in [0.717, 1.165) is 86.2 Å². The molecule has 0 amide bonds. The molecule has 1 rings (SSSR count). The summed E-state index contributed by atoms with van der Waals surface area (Å²) < 4.78 is 22.0. The number of unbranched alkanes of at least 4 members (excludes halogenated alkanes) is 4. The summed E-state index contributed by atoms with van der Waals surface area (Å²) in [6.07, 6.45) is 6.14. The van der Waals surface area contributed by atoms with Crippen LogP contribution in [0.4, 0.5) is 0 Å². The van der Waals surface area contributed by atoms with Crippen LogP contribution in [0.15, 0.2) is 8.68 Å². The molecule has 0 spiro atoms. The maximum Gasteiger partial charge on any atom is 0.320 e. The molecule has 10 nitrogen and oxygen atoms in total. The molecule has 0 bridgehead atoms. The highest BCUT2D eigenvalue weighted by atomic mass is 32.2. The van der Waals surface area contributed by atoms with Gasteiger partial charge in [0.2, 0.25) is 0 Å². The van der Waals surface area contributed by atoms with Crippen LogP contribution in [0.5, 0.6) is 0 Å². The topological polar surface area (TPSA) is 131 Å². The summed E-state index contributed by atoms with van der Waals surface area (Å²) in [6.45, 7) is 9.10. The summed E-state index contributed by atoms with van der Waals surface area (Å²) in [6, 6.07) is 0. The summed E-state index contributed by atoms with van der Waals surface area (Å²) in [4.78, 5) is 50.0. The van der Waals surface area contributed by atoms with Gasteiger partial charge in [-0.2, -0.15) is 0 Å². The number of thioether (sulfide) groups is 2. The van der Waals surface area contributed by atoms with Crippen LogP contribution in [0.25, 0.3) is 0 Å². The zero-order valence-electron chi connectivity index (χ0n) is 23.4. The second-order valence-corrected chi connectivity index (χ2v) is 12.5. The zero-order valence-corrected chi connectivity index (χ0v) is 25.9. The van der Waals surface area contributed by atoms with Crippen LogP contribution in [0.1, 0.15) is 91.9 Å². The Morgan fingerprint density at radius 3 is 1.28 bits per heavy atom. The fraction of sp³-hybridized carbons (Fsp3) is 0.769. The Morgan fingerprint density at radius 2 is 0.949 bits per heavy atom. The first kappa shape index (κ1) is 35.2. The molecule has 0 aliphatic rings. The van der Waals surface area contributed by atoms with E-state index < -0.39 is 34.4 Å². The van der Waals surface area contributed by atoms with Gasteiger partial charge in [0.25, 0.3) is 0 Å². The molecule has 0 aliphatic heterocycles. The number of hydrogen-bond acceptors (Lipinski definition) is 13. The standard InChI is InChI=1S/C26H42N2O8S3/c1-5-9-13-33-21(29)17-19(23(31)35-15-11-7-3)37-25-27-28-26(39-25)38-20(24(32)36-16-12-8-4)18-22(30)34-14-10-6-2/h19-20H,5-18H2,1-4H3. The van der Waals surface area contributed by atoms with Gasteiger partial charge in [-0.15, -0.1) is 10.2 Å². The summed E-state index contributed by atoms with van der Waals surface area (Å²) in [5.41, 5.74) is 0. The Morgan fingerprint density at radius 1 is 0.615 bits per heavy atom. The zero-order chi connectivity index (χ0) is 28.9. The maximum absolute atomic E-state index is 12.7. The first-order chi connectivity index (χ1) is 18.8. The highest BCUT2D eigenvalue weighted by Gasteiger charge is 2.30. The van der Waals surface area contributed by atoms with Crippen LogP contribution >= 0.6 is 34.9 Å². The van der Waals surface area contributed by atoms with Crippen LogP contribution in [-0.4, -0.2) is 71.0 Å². The minimum absolute atomic E-state index is 0.155. The highest BCUT2D eigenvalue weighted by Crippen LogP contribution is 2.35. The molecule has 1 heterocycles. The predicted octanol–water partition coefficient (Wildman–Crippen LogP) is 5.61. The molecule has 2 unspecified atom stereocenters. The number of carbonyl (C=O) groups is 4. The number of esters is 4. The molecule has 0 radical (unpaired) electrons. The summed E-state index contributed by atoms with van der Waals surface area (Å²) in [5.74, 6) is -2.00. The SMILES string of the molecule is CCCCOC(=O)CC(Sc1nnc(SC(CC(=O)OCCCC)C(=O)OCCCC)s1)C(=O)OCCCC. The largest absolute Gasteiger partial charge is 0.466 e. The van der Waals surface area contributed by atoms with Gasteiger partial charge >= 0.3 is 23.9 Å². The van der Waals surface area contributed by atoms with E-state index in [4.69, 9.17) is 18.9 Å². The molecule has 222 valence electrons. The Hall–Kier alpha value is -1.86. The van der Waals surface area contributed by atoms with Gasteiger partial charge in [0, 0.05) is 0 Å². The molecule has 2 atom stereocenters. The predicted molar refractivity (Wildman–Crippen MR) is 152 cm³/mol. The van der Waals surface area contributed by atoms with E-state index in [0.29, 0.717) is 21.9 Å². The lowest BCUT2D eigenvalue weighted by Gasteiger charge is -2.14. The van der Waals surface area contributed by atoms with Crippen LogP contribution in [0.2, 0.25) is 0 Å². The quantitative estimate of drug-likeness (QED) is 0.0703. The Balaban J connectivity index is 2.90. The Bertz CT molecular complexity index is 802. The molecule has 0 fully saturated rings. The fourth-order valence-electron chi connectivity index (χ4n) is 2.78. The molecule has 13 heteroatoms. The van der Waals surface area contributed by atoms with E-state index in [2.05, 4.69) is 10.2 Å². The average molecular weight is 607 g/mol. The third-order valence-electron chi connectivity index (χ3n) is 5.11. The summed E-state index contributed by atoms with van der Waals surface area (Å²) in [7, 11) is 0. The van der Waals surface area contributed by atoms with Crippen LogP contribution in [-0.2, 0) is 38.1 Å². The molecular weight excluding hydrogens is 564 g/mol. The van der Waals surface area contributed by atoms with Gasteiger partial charge in [-0.3, -0.25) is 19.2 Å². The minimum atomic E-state index is -0.842. The van der Waals surface area contributed by atoms with Crippen molar-refractivity contribution in [3.63, 3.8) is 0 Å².